The van der Waals surface area contributed by atoms with Crippen molar-refractivity contribution in [2.45, 2.75) is 20.0 Å². The molecule has 2 aromatic rings. The average molecular weight is 266 g/mol. The van der Waals surface area contributed by atoms with E-state index < -0.39 is 22.9 Å². The van der Waals surface area contributed by atoms with Crippen LogP contribution < -0.4 is 11.2 Å². The monoisotopic (exact) mass is 266 g/mol. The van der Waals surface area contributed by atoms with Crippen molar-refractivity contribution in [3.63, 3.8) is 0 Å². The van der Waals surface area contributed by atoms with Gasteiger partial charge in [-0.25, -0.2) is 13.6 Å². The van der Waals surface area contributed by atoms with Gasteiger partial charge in [0.25, 0.3) is 5.56 Å². The van der Waals surface area contributed by atoms with Gasteiger partial charge in [0, 0.05) is 30.4 Å². The zero-order valence-electron chi connectivity index (χ0n) is 10.3. The molecule has 0 bridgehead atoms. The molecule has 0 saturated carbocycles. The van der Waals surface area contributed by atoms with Gasteiger partial charge in [-0.2, -0.15) is 0 Å². The lowest BCUT2D eigenvalue weighted by Crippen LogP contribution is -2.39. The highest BCUT2D eigenvalue weighted by molar-refractivity contribution is 5.18. The van der Waals surface area contributed by atoms with E-state index in [0.717, 1.165) is 16.7 Å². The van der Waals surface area contributed by atoms with Gasteiger partial charge in [0.1, 0.15) is 11.6 Å². The van der Waals surface area contributed by atoms with Gasteiger partial charge in [0.15, 0.2) is 0 Å². The largest absolute Gasteiger partial charge is 0.331 e. The maximum absolute atomic E-state index is 13.5. The molecule has 1 aromatic heterocycles. The number of hydrogen-bond acceptors (Lipinski definition) is 2. The van der Waals surface area contributed by atoms with Crippen LogP contribution >= 0.6 is 0 Å². The standard InChI is InChI=1S/C13H12F2N2O2/c1-2-16-6-5-12(18)17(13(16)19)8-9-3-4-10(14)7-11(9)15/h3-7H,2,8H2,1H3. The summed E-state index contributed by atoms with van der Waals surface area (Å²) in [7, 11) is 0. The first kappa shape index (κ1) is 13.2. The second-order valence-electron chi connectivity index (χ2n) is 4.04. The third kappa shape index (κ3) is 2.62. The summed E-state index contributed by atoms with van der Waals surface area (Å²) in [5.41, 5.74) is -0.938. The van der Waals surface area contributed by atoms with Gasteiger partial charge in [0.05, 0.1) is 6.54 Å². The Kier molecular flexibility index (Phi) is 3.59. The summed E-state index contributed by atoms with van der Waals surface area (Å²) in [5, 5.41) is 0. The van der Waals surface area contributed by atoms with E-state index in [1.54, 1.807) is 6.92 Å². The van der Waals surface area contributed by atoms with Gasteiger partial charge >= 0.3 is 5.69 Å². The van der Waals surface area contributed by atoms with Crippen LogP contribution in [-0.4, -0.2) is 9.13 Å². The second-order valence-corrected chi connectivity index (χ2v) is 4.04. The molecule has 0 fully saturated rings. The molecular weight excluding hydrogens is 254 g/mol. The van der Waals surface area contributed by atoms with Crippen LogP contribution in [0.15, 0.2) is 40.1 Å². The Balaban J connectivity index is 2.49. The quantitative estimate of drug-likeness (QED) is 0.842. The van der Waals surface area contributed by atoms with E-state index in [-0.39, 0.29) is 12.1 Å². The van der Waals surface area contributed by atoms with Crippen molar-refractivity contribution in [2.24, 2.45) is 0 Å². The molecule has 0 amide bonds. The Morgan fingerprint density at radius 1 is 1.16 bits per heavy atom. The fraction of sp³-hybridized carbons (Fsp3) is 0.231. The van der Waals surface area contributed by atoms with Crippen LogP contribution in [0.4, 0.5) is 8.78 Å². The molecule has 1 aromatic carbocycles. The fourth-order valence-corrected chi connectivity index (χ4v) is 1.76. The first-order chi connectivity index (χ1) is 9.02. The molecule has 0 aliphatic carbocycles. The number of aromatic nitrogens is 2. The Labute approximate surface area is 107 Å². The summed E-state index contributed by atoms with van der Waals surface area (Å²) in [6.45, 7) is 1.95. The Hall–Kier alpha value is -2.24. The maximum Gasteiger partial charge on any atom is 0.331 e. The van der Waals surface area contributed by atoms with Crippen LogP contribution in [0.1, 0.15) is 12.5 Å². The zero-order valence-corrected chi connectivity index (χ0v) is 10.3. The van der Waals surface area contributed by atoms with Crippen molar-refractivity contribution in [3.05, 3.63) is 68.5 Å². The van der Waals surface area contributed by atoms with E-state index in [0.29, 0.717) is 6.54 Å². The third-order valence-electron chi connectivity index (χ3n) is 2.82. The van der Waals surface area contributed by atoms with Gasteiger partial charge in [-0.05, 0) is 13.0 Å². The molecular formula is C13H12F2N2O2. The Morgan fingerprint density at radius 2 is 1.89 bits per heavy atom. The predicted octanol–water partition coefficient (Wildman–Crippen LogP) is 1.36. The SMILES string of the molecule is CCn1ccc(=O)n(Cc2ccc(F)cc2F)c1=O. The van der Waals surface area contributed by atoms with Gasteiger partial charge in [0.2, 0.25) is 0 Å². The molecule has 0 radical (unpaired) electrons. The number of nitrogens with zero attached hydrogens (tertiary/aromatic N) is 2. The predicted molar refractivity (Wildman–Crippen MR) is 66.1 cm³/mol. The fourth-order valence-electron chi connectivity index (χ4n) is 1.76. The van der Waals surface area contributed by atoms with Crippen LogP contribution in [-0.2, 0) is 13.1 Å². The number of aryl methyl sites for hydroxylation is 1. The minimum atomic E-state index is -0.779. The maximum atomic E-state index is 13.5. The molecule has 100 valence electrons. The molecule has 0 aliphatic heterocycles. The summed E-state index contributed by atoms with van der Waals surface area (Å²) in [5.74, 6) is -1.48. The molecule has 0 saturated heterocycles. The Bertz CT molecular complexity index is 719. The van der Waals surface area contributed by atoms with Crippen molar-refractivity contribution in [1.82, 2.24) is 9.13 Å². The van der Waals surface area contributed by atoms with E-state index in [9.17, 15) is 18.4 Å². The molecule has 0 unspecified atom stereocenters. The van der Waals surface area contributed by atoms with Gasteiger partial charge < -0.3 is 4.57 Å². The van der Waals surface area contributed by atoms with Crippen LogP contribution in [0, 0.1) is 11.6 Å². The van der Waals surface area contributed by atoms with Gasteiger partial charge in [-0.3, -0.25) is 9.36 Å². The smallest absolute Gasteiger partial charge is 0.301 e. The highest BCUT2D eigenvalue weighted by Crippen LogP contribution is 2.09. The normalized spacial score (nSPS) is 10.7. The molecule has 2 rings (SSSR count). The van der Waals surface area contributed by atoms with E-state index in [1.807, 2.05) is 0 Å². The van der Waals surface area contributed by atoms with Crippen LogP contribution in [0.3, 0.4) is 0 Å². The van der Waals surface area contributed by atoms with E-state index in [4.69, 9.17) is 0 Å². The van der Waals surface area contributed by atoms with Gasteiger partial charge in [-0.15, -0.1) is 0 Å². The van der Waals surface area contributed by atoms with Crippen molar-refractivity contribution in [3.8, 4) is 0 Å². The average Bonchev–Trinajstić information content (AvgIpc) is 2.37. The molecule has 0 N–H and O–H groups in total. The van der Waals surface area contributed by atoms with E-state index >= 15 is 0 Å². The van der Waals surface area contributed by atoms with Crippen LogP contribution in [0.25, 0.3) is 0 Å². The lowest BCUT2D eigenvalue weighted by molar-refractivity contribution is 0.549. The number of rotatable bonds is 3. The molecule has 1 heterocycles. The van der Waals surface area contributed by atoms with Crippen molar-refractivity contribution in [1.29, 1.82) is 0 Å². The van der Waals surface area contributed by atoms with E-state index in [2.05, 4.69) is 0 Å². The van der Waals surface area contributed by atoms with Crippen molar-refractivity contribution >= 4 is 0 Å². The highest BCUT2D eigenvalue weighted by atomic mass is 19.1. The third-order valence-corrected chi connectivity index (χ3v) is 2.82. The molecule has 19 heavy (non-hydrogen) atoms. The first-order valence-electron chi connectivity index (χ1n) is 5.77. The van der Waals surface area contributed by atoms with Crippen molar-refractivity contribution < 1.29 is 8.78 Å². The lowest BCUT2D eigenvalue weighted by Gasteiger charge is -2.08. The van der Waals surface area contributed by atoms with Crippen molar-refractivity contribution in [2.75, 3.05) is 0 Å². The minimum absolute atomic E-state index is 0.0921. The molecule has 4 nitrogen and oxygen atoms in total. The summed E-state index contributed by atoms with van der Waals surface area (Å²) >= 11 is 0. The zero-order chi connectivity index (χ0) is 14.0. The summed E-state index contributed by atoms with van der Waals surface area (Å²) in [4.78, 5) is 23.6. The number of halogens is 2. The topological polar surface area (TPSA) is 44.0 Å². The second kappa shape index (κ2) is 5.17. The highest BCUT2D eigenvalue weighted by Gasteiger charge is 2.09. The Morgan fingerprint density at radius 3 is 2.53 bits per heavy atom. The van der Waals surface area contributed by atoms with Crippen LogP contribution in [0.5, 0.6) is 0 Å². The van der Waals surface area contributed by atoms with Crippen LogP contribution in [0.2, 0.25) is 0 Å². The summed E-state index contributed by atoms with van der Waals surface area (Å²) in [6, 6.07) is 4.28. The minimum Gasteiger partial charge on any atom is -0.301 e. The molecule has 0 atom stereocenters. The molecule has 6 heteroatoms. The lowest BCUT2D eigenvalue weighted by atomic mass is 10.2. The van der Waals surface area contributed by atoms with Gasteiger partial charge in [-0.1, -0.05) is 6.07 Å². The number of benzene rings is 1. The van der Waals surface area contributed by atoms with E-state index in [1.165, 1.54) is 22.9 Å². The summed E-state index contributed by atoms with van der Waals surface area (Å²) in [6.07, 6.45) is 1.39. The molecule has 0 spiro atoms. The summed E-state index contributed by atoms with van der Waals surface area (Å²) < 4.78 is 28.6. The first-order valence-corrected chi connectivity index (χ1v) is 5.77. The number of hydrogen-bond donors (Lipinski definition) is 0. The molecule has 0 aliphatic rings.